The molecule has 156 valence electrons. The number of aliphatic hydroxyl groups excluding tert-OH is 1. The van der Waals surface area contributed by atoms with E-state index in [0.717, 1.165) is 16.8 Å². The zero-order valence-corrected chi connectivity index (χ0v) is 17.5. The van der Waals surface area contributed by atoms with Crippen LogP contribution in [0.3, 0.4) is 0 Å². The minimum absolute atomic E-state index is 0.0980. The van der Waals surface area contributed by atoms with Gasteiger partial charge in [-0.3, -0.25) is 4.98 Å². The number of aliphatic hydroxyl groups is 1. The molecule has 0 saturated heterocycles. The Morgan fingerprint density at radius 1 is 1.23 bits per heavy atom. The maximum absolute atomic E-state index is 13.9. The molecule has 0 radical (unpaired) electrons. The van der Waals surface area contributed by atoms with Gasteiger partial charge >= 0.3 is 0 Å². The topological polar surface area (TPSA) is 93.3 Å². The van der Waals surface area contributed by atoms with Crippen LogP contribution < -0.4 is 15.8 Å². The Bertz CT molecular complexity index is 1110. The molecule has 1 aliphatic rings. The first-order chi connectivity index (χ1) is 14.3. The van der Waals surface area contributed by atoms with Gasteiger partial charge in [0.15, 0.2) is 11.6 Å². The van der Waals surface area contributed by atoms with Crippen LogP contribution in [0.2, 0.25) is 10.0 Å². The molecular weight excluding hydrogens is 430 g/mol. The minimum atomic E-state index is -0.672. The molecule has 30 heavy (non-hydrogen) atoms. The van der Waals surface area contributed by atoms with Gasteiger partial charge in [0.2, 0.25) is 0 Å². The summed E-state index contributed by atoms with van der Waals surface area (Å²) in [6.07, 6.45) is 2.01. The second-order valence-electron chi connectivity index (χ2n) is 7.03. The molecule has 0 spiro atoms. The summed E-state index contributed by atoms with van der Waals surface area (Å²) in [5.41, 5.74) is 9.38. The van der Waals surface area contributed by atoms with Gasteiger partial charge in [-0.25, -0.2) is 9.37 Å². The van der Waals surface area contributed by atoms with Crippen LogP contribution in [-0.4, -0.2) is 21.6 Å². The fourth-order valence-corrected chi connectivity index (χ4v) is 4.09. The first kappa shape index (κ1) is 20.8. The maximum atomic E-state index is 13.9. The normalized spacial score (nSPS) is 16.8. The molecule has 4 N–H and O–H groups in total. The number of nitrogen functional groups attached to an aromatic ring is 1. The highest BCUT2D eigenvalue weighted by Gasteiger charge is 2.22. The number of rotatable bonds is 4. The third kappa shape index (κ3) is 3.94. The van der Waals surface area contributed by atoms with E-state index in [1.54, 1.807) is 25.4 Å². The van der Waals surface area contributed by atoms with Crippen molar-refractivity contribution in [2.45, 2.75) is 25.7 Å². The van der Waals surface area contributed by atoms with E-state index in [-0.39, 0.29) is 15.9 Å². The summed E-state index contributed by atoms with van der Waals surface area (Å²) in [6, 6.07) is 6.23. The zero-order chi connectivity index (χ0) is 21.4. The lowest BCUT2D eigenvalue weighted by atomic mass is 9.99. The van der Waals surface area contributed by atoms with Crippen molar-refractivity contribution in [2.24, 2.45) is 0 Å². The van der Waals surface area contributed by atoms with Gasteiger partial charge in [0.1, 0.15) is 11.9 Å². The summed E-state index contributed by atoms with van der Waals surface area (Å²) in [6.45, 7) is 2.77. The second kappa shape index (κ2) is 8.35. The number of hydrogen-bond acceptors (Lipinski definition) is 6. The number of nitrogens with zero attached hydrogens (tertiary/aromatic N) is 2. The molecule has 3 aromatic rings. The summed E-state index contributed by atoms with van der Waals surface area (Å²) < 4.78 is 19.8. The standard InChI is InChI=1S/C21H19Cl2FN4O2/c1-10(19-14(22)2-3-15(24)20(19)23)30-18-5-12(7-28-21(18)25)11-4-13-16(27-6-11)8-26-9-17(13)29/h2-7,10,17,26,29H,8-9H2,1H3,(H2,25,28). The van der Waals surface area contributed by atoms with E-state index in [1.165, 1.54) is 12.1 Å². The van der Waals surface area contributed by atoms with Gasteiger partial charge in [-0.15, -0.1) is 0 Å². The van der Waals surface area contributed by atoms with Gasteiger partial charge in [-0.1, -0.05) is 23.2 Å². The lowest BCUT2D eigenvalue weighted by Crippen LogP contribution is -2.28. The van der Waals surface area contributed by atoms with E-state index in [0.29, 0.717) is 30.0 Å². The Hall–Kier alpha value is -2.45. The number of fused-ring (bicyclic) bond motifs is 1. The molecule has 2 aromatic heterocycles. The number of pyridine rings is 2. The monoisotopic (exact) mass is 448 g/mol. The van der Waals surface area contributed by atoms with Crippen molar-refractivity contribution in [3.8, 4) is 16.9 Å². The lowest BCUT2D eigenvalue weighted by Gasteiger charge is -2.22. The SMILES string of the molecule is CC(Oc1cc(-c2cnc3c(c2)C(O)CNC3)cnc1N)c1c(Cl)ccc(F)c1Cl. The third-order valence-corrected chi connectivity index (χ3v) is 5.71. The van der Waals surface area contributed by atoms with Gasteiger partial charge in [0.25, 0.3) is 0 Å². The summed E-state index contributed by atoms with van der Waals surface area (Å²) in [5.74, 6) is -0.111. The Balaban J connectivity index is 1.66. The van der Waals surface area contributed by atoms with Crippen molar-refractivity contribution in [1.29, 1.82) is 0 Å². The van der Waals surface area contributed by atoms with Crippen LogP contribution in [0.25, 0.3) is 11.1 Å². The Morgan fingerprint density at radius 2 is 1.97 bits per heavy atom. The van der Waals surface area contributed by atoms with Gasteiger partial charge in [-0.2, -0.15) is 0 Å². The third-order valence-electron chi connectivity index (χ3n) is 5.00. The quantitative estimate of drug-likeness (QED) is 0.510. The Morgan fingerprint density at radius 3 is 2.77 bits per heavy atom. The second-order valence-corrected chi connectivity index (χ2v) is 7.82. The van der Waals surface area contributed by atoms with E-state index in [2.05, 4.69) is 15.3 Å². The number of ether oxygens (including phenoxy) is 1. The summed E-state index contributed by atoms with van der Waals surface area (Å²) in [5, 5.41) is 13.5. The predicted molar refractivity (Wildman–Crippen MR) is 114 cm³/mol. The van der Waals surface area contributed by atoms with Gasteiger partial charge in [-0.05, 0) is 31.2 Å². The molecule has 0 aliphatic carbocycles. The first-order valence-corrected chi connectivity index (χ1v) is 10.0. The fraction of sp³-hybridized carbons (Fsp3) is 0.238. The molecule has 9 heteroatoms. The molecule has 1 aromatic carbocycles. The number of nitrogens with one attached hydrogen (secondary N) is 1. The van der Waals surface area contributed by atoms with Crippen LogP contribution in [0.5, 0.6) is 5.75 Å². The van der Waals surface area contributed by atoms with E-state index < -0.39 is 18.0 Å². The number of hydrogen-bond donors (Lipinski definition) is 3. The molecule has 3 heterocycles. The van der Waals surface area contributed by atoms with Gasteiger partial charge in [0, 0.05) is 52.8 Å². The summed E-state index contributed by atoms with van der Waals surface area (Å²) >= 11 is 12.3. The van der Waals surface area contributed by atoms with Crippen molar-refractivity contribution in [1.82, 2.24) is 15.3 Å². The van der Waals surface area contributed by atoms with Crippen LogP contribution in [0.4, 0.5) is 10.2 Å². The first-order valence-electron chi connectivity index (χ1n) is 9.28. The highest BCUT2D eigenvalue weighted by molar-refractivity contribution is 6.36. The summed E-state index contributed by atoms with van der Waals surface area (Å²) in [4.78, 5) is 8.65. The smallest absolute Gasteiger partial charge is 0.166 e. The van der Waals surface area contributed by atoms with Crippen molar-refractivity contribution in [3.63, 3.8) is 0 Å². The van der Waals surface area contributed by atoms with E-state index >= 15 is 0 Å². The van der Waals surface area contributed by atoms with Crippen LogP contribution in [-0.2, 0) is 6.54 Å². The molecule has 2 atom stereocenters. The van der Waals surface area contributed by atoms with Crippen LogP contribution >= 0.6 is 23.2 Å². The van der Waals surface area contributed by atoms with Crippen molar-refractivity contribution in [2.75, 3.05) is 12.3 Å². The molecule has 2 unspecified atom stereocenters. The molecular formula is C21H19Cl2FN4O2. The number of nitrogens with two attached hydrogens (primary N) is 1. The Kier molecular flexibility index (Phi) is 5.79. The van der Waals surface area contributed by atoms with Crippen LogP contribution in [0, 0.1) is 5.82 Å². The molecule has 6 nitrogen and oxygen atoms in total. The number of aromatic nitrogens is 2. The molecule has 0 saturated carbocycles. The predicted octanol–water partition coefficient (Wildman–Crippen LogP) is 4.45. The van der Waals surface area contributed by atoms with Crippen molar-refractivity contribution < 1.29 is 14.2 Å². The lowest BCUT2D eigenvalue weighted by molar-refractivity contribution is 0.164. The molecule has 4 rings (SSSR count). The van der Waals surface area contributed by atoms with Gasteiger partial charge < -0.3 is 20.9 Å². The number of benzene rings is 1. The van der Waals surface area contributed by atoms with E-state index in [4.69, 9.17) is 33.7 Å². The fourth-order valence-electron chi connectivity index (χ4n) is 3.41. The molecule has 0 bridgehead atoms. The largest absolute Gasteiger partial charge is 0.482 e. The van der Waals surface area contributed by atoms with Crippen molar-refractivity contribution >= 4 is 29.0 Å². The van der Waals surface area contributed by atoms with Crippen LogP contribution in [0.15, 0.2) is 36.7 Å². The number of anilines is 1. The molecule has 0 fully saturated rings. The highest BCUT2D eigenvalue weighted by atomic mass is 35.5. The maximum Gasteiger partial charge on any atom is 0.166 e. The molecule has 1 aliphatic heterocycles. The highest BCUT2D eigenvalue weighted by Crippen LogP contribution is 2.37. The van der Waals surface area contributed by atoms with Crippen LogP contribution in [0.1, 0.15) is 36.0 Å². The summed E-state index contributed by atoms with van der Waals surface area (Å²) in [7, 11) is 0. The number of β-amino-alcohol motifs (C(OH)–C–C–N with tert-alkyl or cyclic N) is 1. The minimum Gasteiger partial charge on any atom is -0.482 e. The Labute approximate surface area is 182 Å². The number of halogens is 3. The van der Waals surface area contributed by atoms with E-state index in [9.17, 15) is 9.50 Å². The van der Waals surface area contributed by atoms with Gasteiger partial charge in [0.05, 0.1) is 16.8 Å². The van der Waals surface area contributed by atoms with E-state index in [1.807, 2.05) is 6.07 Å². The van der Waals surface area contributed by atoms with Crippen molar-refractivity contribution in [3.05, 3.63) is 69.3 Å². The average Bonchev–Trinajstić information content (AvgIpc) is 2.73. The molecule has 0 amide bonds. The average molecular weight is 449 g/mol. The zero-order valence-electron chi connectivity index (χ0n) is 16.0.